The number of piperazine rings is 1. The summed E-state index contributed by atoms with van der Waals surface area (Å²) in [5.41, 5.74) is 3.89. The Morgan fingerprint density at radius 2 is 2.05 bits per heavy atom. The molecule has 9 nitrogen and oxygen atoms in total. The van der Waals surface area contributed by atoms with Gasteiger partial charge in [0, 0.05) is 44.0 Å². The van der Waals surface area contributed by atoms with Crippen molar-refractivity contribution < 1.29 is 14.7 Å². The maximum Gasteiger partial charge on any atom is 0.407 e. The Labute approximate surface area is 125 Å². The lowest BCUT2D eigenvalue weighted by atomic mass is 10.1. The number of anilines is 1. The quantitative estimate of drug-likeness (QED) is 0.350. The maximum atomic E-state index is 12.0. The molecular weight excluding hydrogens is 288 g/mol. The van der Waals surface area contributed by atoms with Crippen LogP contribution in [0.4, 0.5) is 10.5 Å². The number of nitrogens with zero attached hydrogens (tertiary/aromatic N) is 3. The van der Waals surface area contributed by atoms with Crippen LogP contribution in [0.5, 0.6) is 0 Å². The number of nitrogens with two attached hydrogens (primary N) is 1. The molecule has 1 saturated heterocycles. The van der Waals surface area contributed by atoms with Gasteiger partial charge in [-0.15, -0.1) is 0 Å². The Morgan fingerprint density at radius 3 is 2.68 bits per heavy atom. The zero-order valence-corrected chi connectivity index (χ0v) is 11.7. The Bertz CT molecular complexity index is 720. The number of nitrogens with one attached hydrogen (secondary N) is 2. The minimum absolute atomic E-state index is 0.373. The van der Waals surface area contributed by atoms with Gasteiger partial charge in [-0.1, -0.05) is 0 Å². The normalized spacial score (nSPS) is 15.1. The molecule has 0 bridgehead atoms. The average molecular weight is 304 g/mol. The van der Waals surface area contributed by atoms with Crippen LogP contribution in [0.25, 0.3) is 11.0 Å². The molecule has 0 aromatic carbocycles. The van der Waals surface area contributed by atoms with E-state index >= 15 is 0 Å². The molecule has 0 spiro atoms. The van der Waals surface area contributed by atoms with Crippen LogP contribution in [0.2, 0.25) is 0 Å². The number of hydrazine groups is 1. The summed E-state index contributed by atoms with van der Waals surface area (Å²) < 4.78 is 0. The van der Waals surface area contributed by atoms with Gasteiger partial charge in [0.15, 0.2) is 0 Å². The number of rotatable bonds is 2. The molecule has 22 heavy (non-hydrogen) atoms. The summed E-state index contributed by atoms with van der Waals surface area (Å²) in [6, 6.07) is 1.84. The smallest absolute Gasteiger partial charge is 0.407 e. The van der Waals surface area contributed by atoms with Crippen LogP contribution in [0.15, 0.2) is 18.5 Å². The van der Waals surface area contributed by atoms with Gasteiger partial charge in [-0.05, 0) is 6.07 Å². The highest BCUT2D eigenvalue weighted by atomic mass is 16.4. The van der Waals surface area contributed by atoms with E-state index in [1.807, 2.05) is 11.0 Å². The van der Waals surface area contributed by atoms with Crippen LogP contribution in [-0.4, -0.2) is 58.2 Å². The van der Waals surface area contributed by atoms with Gasteiger partial charge < -0.3 is 19.9 Å². The van der Waals surface area contributed by atoms with E-state index in [1.165, 1.54) is 11.1 Å². The first-order chi connectivity index (χ1) is 10.6. The van der Waals surface area contributed by atoms with E-state index in [4.69, 9.17) is 10.9 Å². The molecule has 116 valence electrons. The number of fused-ring (bicyclic) bond motifs is 1. The summed E-state index contributed by atoms with van der Waals surface area (Å²) in [4.78, 5) is 33.6. The van der Waals surface area contributed by atoms with Crippen molar-refractivity contribution in [2.24, 2.45) is 5.84 Å². The molecule has 1 fully saturated rings. The lowest BCUT2D eigenvalue weighted by Crippen LogP contribution is -2.49. The van der Waals surface area contributed by atoms with Crippen molar-refractivity contribution in [2.45, 2.75) is 0 Å². The molecule has 2 amide bonds. The first kappa shape index (κ1) is 14.1. The van der Waals surface area contributed by atoms with Gasteiger partial charge in [-0.2, -0.15) is 0 Å². The molecule has 9 heteroatoms. The van der Waals surface area contributed by atoms with Crippen LogP contribution in [-0.2, 0) is 0 Å². The van der Waals surface area contributed by atoms with Crippen molar-refractivity contribution in [1.82, 2.24) is 20.3 Å². The summed E-state index contributed by atoms with van der Waals surface area (Å²) >= 11 is 0. The topological polar surface area (TPSA) is 128 Å². The SMILES string of the molecule is NNC(=O)c1cnc2[nH]ccc2c1N1CCN(C(=O)O)CC1. The minimum atomic E-state index is -0.930. The monoisotopic (exact) mass is 304 g/mol. The van der Waals surface area contributed by atoms with Crippen molar-refractivity contribution in [3.63, 3.8) is 0 Å². The van der Waals surface area contributed by atoms with Crippen LogP contribution in [0, 0.1) is 0 Å². The van der Waals surface area contributed by atoms with E-state index in [2.05, 4.69) is 15.4 Å². The lowest BCUT2D eigenvalue weighted by molar-refractivity contribution is 0.0953. The highest BCUT2D eigenvalue weighted by Gasteiger charge is 2.25. The van der Waals surface area contributed by atoms with Crippen LogP contribution < -0.4 is 16.2 Å². The van der Waals surface area contributed by atoms with Crippen molar-refractivity contribution in [1.29, 1.82) is 0 Å². The highest BCUT2D eigenvalue weighted by molar-refractivity contribution is 6.06. The van der Waals surface area contributed by atoms with Crippen molar-refractivity contribution in [3.05, 3.63) is 24.0 Å². The summed E-state index contributed by atoms with van der Waals surface area (Å²) in [6.45, 7) is 1.77. The zero-order chi connectivity index (χ0) is 15.7. The largest absolute Gasteiger partial charge is 0.465 e. The van der Waals surface area contributed by atoms with Crippen molar-refractivity contribution in [3.8, 4) is 0 Å². The summed E-state index contributed by atoms with van der Waals surface area (Å²) in [5.74, 6) is 4.82. The molecular formula is C13H16N6O3. The van der Waals surface area contributed by atoms with Crippen LogP contribution in [0.3, 0.4) is 0 Å². The Morgan fingerprint density at radius 1 is 1.32 bits per heavy atom. The number of carbonyl (C=O) groups is 2. The maximum absolute atomic E-state index is 12.0. The number of carbonyl (C=O) groups excluding carboxylic acids is 1. The Hall–Kier alpha value is -2.81. The number of carboxylic acid groups (broad SMARTS) is 1. The number of hydrogen-bond donors (Lipinski definition) is 4. The van der Waals surface area contributed by atoms with Gasteiger partial charge in [0.05, 0.1) is 11.3 Å². The Balaban J connectivity index is 2.00. The molecule has 1 aliphatic rings. The van der Waals surface area contributed by atoms with E-state index in [9.17, 15) is 9.59 Å². The molecule has 2 aromatic rings. The second kappa shape index (κ2) is 5.53. The van der Waals surface area contributed by atoms with E-state index in [-0.39, 0.29) is 0 Å². The molecule has 0 atom stereocenters. The molecule has 0 aliphatic carbocycles. The first-order valence-corrected chi connectivity index (χ1v) is 6.81. The van der Waals surface area contributed by atoms with Gasteiger partial charge in [0.25, 0.3) is 5.91 Å². The fourth-order valence-corrected chi connectivity index (χ4v) is 2.70. The van der Waals surface area contributed by atoms with E-state index in [1.54, 1.807) is 6.20 Å². The van der Waals surface area contributed by atoms with Crippen molar-refractivity contribution in [2.75, 3.05) is 31.1 Å². The zero-order valence-electron chi connectivity index (χ0n) is 11.7. The molecule has 0 saturated carbocycles. The summed E-state index contributed by atoms with van der Waals surface area (Å²) in [7, 11) is 0. The molecule has 0 radical (unpaired) electrons. The molecule has 2 aromatic heterocycles. The van der Waals surface area contributed by atoms with Crippen LogP contribution >= 0.6 is 0 Å². The second-order valence-corrected chi connectivity index (χ2v) is 4.99. The fraction of sp³-hybridized carbons (Fsp3) is 0.308. The summed E-state index contributed by atoms with van der Waals surface area (Å²) in [5, 5.41) is 9.84. The van der Waals surface area contributed by atoms with E-state index in [0.29, 0.717) is 37.4 Å². The number of amides is 2. The third-order valence-electron chi connectivity index (χ3n) is 3.80. The molecule has 0 unspecified atom stereocenters. The third-order valence-corrected chi connectivity index (χ3v) is 3.80. The second-order valence-electron chi connectivity index (χ2n) is 4.99. The van der Waals surface area contributed by atoms with E-state index in [0.717, 1.165) is 11.1 Å². The predicted molar refractivity (Wildman–Crippen MR) is 79.6 cm³/mol. The minimum Gasteiger partial charge on any atom is -0.465 e. The van der Waals surface area contributed by atoms with Gasteiger partial charge in [-0.3, -0.25) is 10.2 Å². The number of aromatic nitrogens is 2. The number of nitrogen functional groups attached to an aromatic ring is 1. The summed E-state index contributed by atoms with van der Waals surface area (Å²) in [6.07, 6.45) is 2.29. The van der Waals surface area contributed by atoms with E-state index < -0.39 is 12.0 Å². The van der Waals surface area contributed by atoms with Gasteiger partial charge in [0.1, 0.15) is 5.65 Å². The molecule has 5 N–H and O–H groups in total. The first-order valence-electron chi connectivity index (χ1n) is 6.81. The van der Waals surface area contributed by atoms with Gasteiger partial charge in [-0.25, -0.2) is 15.6 Å². The number of pyridine rings is 1. The Kier molecular flexibility index (Phi) is 3.55. The van der Waals surface area contributed by atoms with Gasteiger partial charge in [0.2, 0.25) is 0 Å². The fourth-order valence-electron chi connectivity index (χ4n) is 2.70. The van der Waals surface area contributed by atoms with Gasteiger partial charge >= 0.3 is 6.09 Å². The third kappa shape index (κ3) is 2.31. The molecule has 3 rings (SSSR count). The molecule has 3 heterocycles. The molecule has 1 aliphatic heterocycles. The highest BCUT2D eigenvalue weighted by Crippen LogP contribution is 2.30. The number of aromatic amines is 1. The van der Waals surface area contributed by atoms with Crippen molar-refractivity contribution >= 4 is 28.7 Å². The number of hydrogen-bond acceptors (Lipinski definition) is 5. The average Bonchev–Trinajstić information content (AvgIpc) is 3.01. The standard InChI is InChI=1S/C13H16N6O3/c14-17-12(20)9-7-16-11-8(1-2-15-11)10(9)18-3-5-19(6-4-18)13(21)22/h1-2,7H,3-6,14H2,(H,15,16)(H,17,20)(H,21,22). The predicted octanol–water partition coefficient (Wildman–Crippen LogP) is -0.0336. The lowest BCUT2D eigenvalue weighted by Gasteiger charge is -2.35. The van der Waals surface area contributed by atoms with Crippen LogP contribution in [0.1, 0.15) is 10.4 Å². The number of H-pyrrole nitrogens is 1.